The van der Waals surface area contributed by atoms with Gasteiger partial charge in [0.1, 0.15) is 11.5 Å². The smallest absolute Gasteiger partial charge is 0.220 e. The van der Waals surface area contributed by atoms with Gasteiger partial charge in [0.25, 0.3) is 0 Å². The van der Waals surface area contributed by atoms with Crippen LogP contribution in [0.5, 0.6) is 11.5 Å². The van der Waals surface area contributed by atoms with E-state index in [0.29, 0.717) is 40.8 Å². The molecule has 38 heavy (non-hydrogen) atoms. The van der Waals surface area contributed by atoms with Gasteiger partial charge >= 0.3 is 0 Å². The Morgan fingerprint density at radius 2 is 1.45 bits per heavy atom. The highest BCUT2D eigenvalue weighted by Gasteiger charge is 2.23. The molecule has 5 aromatic rings. The molecule has 0 bridgehead atoms. The van der Waals surface area contributed by atoms with Crippen molar-refractivity contribution in [2.45, 2.75) is 20.0 Å². The molecule has 0 aliphatic heterocycles. The van der Waals surface area contributed by atoms with Crippen LogP contribution < -0.4 is 20.1 Å². The number of nitrogen functional groups attached to an aromatic ring is 1. The van der Waals surface area contributed by atoms with Crippen LogP contribution in [0.15, 0.2) is 79.3 Å². The standard InChI is InChI=1S/C30H28FN5O2/c1-19-12-13-33-15-25(19)24-14-27-26(16-34-30(32)35-27)29(28(24)31)36(17-20-4-8-22(37-2)9-5-20)18-21-6-10-23(38-3)11-7-21/h4-16H,17-18H2,1-3H3,(H2,32,34,35). The molecule has 192 valence electrons. The number of pyridine rings is 1. The molecule has 0 aliphatic rings. The fraction of sp³-hybridized carbons (Fsp3) is 0.167. The third-order valence-corrected chi connectivity index (χ3v) is 6.53. The van der Waals surface area contributed by atoms with Crippen LogP contribution in [0.2, 0.25) is 0 Å². The van der Waals surface area contributed by atoms with Gasteiger partial charge in [0, 0.05) is 48.2 Å². The second-order valence-electron chi connectivity index (χ2n) is 8.99. The summed E-state index contributed by atoms with van der Waals surface area (Å²) in [5.74, 6) is 1.26. The van der Waals surface area contributed by atoms with Gasteiger partial charge in [0.2, 0.25) is 5.95 Å². The lowest BCUT2D eigenvalue weighted by molar-refractivity contribution is 0.414. The number of methoxy groups -OCH3 is 2. The second-order valence-corrected chi connectivity index (χ2v) is 8.99. The third-order valence-electron chi connectivity index (χ3n) is 6.53. The lowest BCUT2D eigenvalue weighted by Crippen LogP contribution is -2.24. The van der Waals surface area contributed by atoms with Crippen molar-refractivity contribution in [2.75, 3.05) is 24.9 Å². The molecule has 7 nitrogen and oxygen atoms in total. The summed E-state index contributed by atoms with van der Waals surface area (Å²) in [5, 5.41) is 0.573. The SMILES string of the molecule is COc1ccc(CN(Cc2ccc(OC)cc2)c2c(F)c(-c3cnccc3C)cc3nc(N)ncc23)cc1. The largest absolute Gasteiger partial charge is 0.497 e. The average molecular weight is 510 g/mol. The molecule has 0 atom stereocenters. The number of nitrogens with two attached hydrogens (primary N) is 1. The number of hydrogen-bond donors (Lipinski definition) is 1. The Bertz CT molecular complexity index is 1520. The van der Waals surface area contributed by atoms with E-state index in [-0.39, 0.29) is 11.8 Å². The maximum absolute atomic E-state index is 16.7. The summed E-state index contributed by atoms with van der Waals surface area (Å²) in [6.45, 7) is 2.80. The zero-order valence-electron chi connectivity index (χ0n) is 21.5. The number of halogens is 1. The number of fused-ring (bicyclic) bond motifs is 1. The van der Waals surface area contributed by atoms with Crippen molar-refractivity contribution in [1.29, 1.82) is 0 Å². The first kappa shape index (κ1) is 25.0. The molecule has 0 spiro atoms. The van der Waals surface area contributed by atoms with Crippen molar-refractivity contribution < 1.29 is 13.9 Å². The molecule has 8 heteroatoms. The highest BCUT2D eigenvalue weighted by Crippen LogP contribution is 2.39. The van der Waals surface area contributed by atoms with Gasteiger partial charge in [0.05, 0.1) is 25.4 Å². The maximum atomic E-state index is 16.7. The molecule has 2 N–H and O–H groups in total. The van der Waals surface area contributed by atoms with Gasteiger partial charge < -0.3 is 20.1 Å². The van der Waals surface area contributed by atoms with Crippen LogP contribution in [0.1, 0.15) is 16.7 Å². The van der Waals surface area contributed by atoms with Gasteiger partial charge in [-0.2, -0.15) is 0 Å². The summed E-state index contributed by atoms with van der Waals surface area (Å²) in [7, 11) is 3.26. The van der Waals surface area contributed by atoms with Crippen molar-refractivity contribution in [2.24, 2.45) is 0 Å². The molecule has 0 aliphatic carbocycles. The summed E-state index contributed by atoms with van der Waals surface area (Å²) in [6, 6.07) is 19.1. The van der Waals surface area contributed by atoms with E-state index in [2.05, 4.69) is 15.0 Å². The van der Waals surface area contributed by atoms with Crippen LogP contribution in [0.25, 0.3) is 22.0 Å². The van der Waals surface area contributed by atoms with Gasteiger partial charge in [-0.3, -0.25) is 4.98 Å². The Kier molecular flexibility index (Phi) is 7.04. The zero-order valence-corrected chi connectivity index (χ0v) is 21.5. The van der Waals surface area contributed by atoms with Crippen molar-refractivity contribution in [3.63, 3.8) is 0 Å². The Balaban J connectivity index is 1.70. The lowest BCUT2D eigenvalue weighted by Gasteiger charge is -2.28. The minimum atomic E-state index is -0.371. The molecule has 0 unspecified atom stereocenters. The van der Waals surface area contributed by atoms with Crippen LogP contribution >= 0.6 is 0 Å². The highest BCUT2D eigenvalue weighted by atomic mass is 19.1. The number of nitrogens with zero attached hydrogens (tertiary/aromatic N) is 4. The van der Waals surface area contributed by atoms with Crippen molar-refractivity contribution in [3.8, 4) is 22.6 Å². The van der Waals surface area contributed by atoms with Gasteiger partial charge in [-0.05, 0) is 60.0 Å². The molecule has 3 aromatic carbocycles. The number of ether oxygens (including phenoxy) is 2. The number of anilines is 2. The molecular formula is C30H28FN5O2. The van der Waals surface area contributed by atoms with Crippen molar-refractivity contribution in [3.05, 3.63) is 102 Å². The fourth-order valence-electron chi connectivity index (χ4n) is 4.52. The Hall–Kier alpha value is -4.72. The summed E-state index contributed by atoms with van der Waals surface area (Å²) in [4.78, 5) is 14.9. The van der Waals surface area contributed by atoms with E-state index < -0.39 is 0 Å². The minimum Gasteiger partial charge on any atom is -0.497 e. The number of rotatable bonds is 8. The quantitative estimate of drug-likeness (QED) is 0.277. The highest BCUT2D eigenvalue weighted by molar-refractivity contribution is 5.96. The van der Waals surface area contributed by atoms with E-state index in [0.717, 1.165) is 28.2 Å². The van der Waals surface area contributed by atoms with Gasteiger partial charge in [-0.1, -0.05) is 24.3 Å². The predicted octanol–water partition coefficient (Wildman–Crippen LogP) is 5.95. The topological polar surface area (TPSA) is 86.4 Å². The van der Waals surface area contributed by atoms with Gasteiger partial charge in [-0.25, -0.2) is 14.4 Å². The van der Waals surface area contributed by atoms with Crippen LogP contribution in [-0.2, 0) is 13.1 Å². The molecule has 5 rings (SSSR count). The Morgan fingerprint density at radius 1 is 0.842 bits per heavy atom. The number of benzene rings is 3. The second kappa shape index (κ2) is 10.7. The minimum absolute atomic E-state index is 0.126. The molecule has 0 fully saturated rings. The Morgan fingerprint density at radius 3 is 2.00 bits per heavy atom. The van der Waals surface area contributed by atoms with Gasteiger partial charge in [0.15, 0.2) is 5.82 Å². The van der Waals surface area contributed by atoms with Crippen LogP contribution in [0.3, 0.4) is 0 Å². The van der Waals surface area contributed by atoms with E-state index in [4.69, 9.17) is 15.2 Å². The molecule has 2 heterocycles. The first-order valence-corrected chi connectivity index (χ1v) is 12.1. The van der Waals surface area contributed by atoms with Gasteiger partial charge in [-0.15, -0.1) is 0 Å². The van der Waals surface area contributed by atoms with E-state index in [1.54, 1.807) is 38.9 Å². The number of aromatic nitrogens is 3. The number of aryl methyl sites for hydroxylation is 1. The summed E-state index contributed by atoms with van der Waals surface area (Å²) < 4.78 is 27.3. The Labute approximate surface area is 220 Å². The number of hydrogen-bond acceptors (Lipinski definition) is 7. The van der Waals surface area contributed by atoms with Crippen LogP contribution in [0, 0.1) is 12.7 Å². The first-order chi connectivity index (χ1) is 18.5. The van der Waals surface area contributed by atoms with E-state index in [1.165, 1.54) is 0 Å². The predicted molar refractivity (Wildman–Crippen MR) is 148 cm³/mol. The monoisotopic (exact) mass is 509 g/mol. The van der Waals surface area contributed by atoms with Crippen LogP contribution in [-0.4, -0.2) is 29.2 Å². The third kappa shape index (κ3) is 5.06. The summed E-state index contributed by atoms with van der Waals surface area (Å²) in [6.07, 6.45) is 4.95. The van der Waals surface area contributed by atoms with Crippen molar-refractivity contribution >= 4 is 22.5 Å². The molecule has 0 saturated carbocycles. The maximum Gasteiger partial charge on any atom is 0.220 e. The molecule has 2 aromatic heterocycles. The van der Waals surface area contributed by atoms with E-state index in [9.17, 15) is 0 Å². The van der Waals surface area contributed by atoms with E-state index >= 15 is 4.39 Å². The summed E-state index contributed by atoms with van der Waals surface area (Å²) >= 11 is 0. The molecule has 0 amide bonds. The zero-order chi connectivity index (χ0) is 26.6. The summed E-state index contributed by atoms with van der Waals surface area (Å²) in [5.41, 5.74) is 10.9. The van der Waals surface area contributed by atoms with Crippen LogP contribution in [0.4, 0.5) is 16.0 Å². The average Bonchev–Trinajstić information content (AvgIpc) is 2.94. The molecular weight excluding hydrogens is 481 g/mol. The fourth-order valence-corrected chi connectivity index (χ4v) is 4.52. The van der Waals surface area contributed by atoms with E-state index in [1.807, 2.05) is 66.4 Å². The first-order valence-electron chi connectivity index (χ1n) is 12.1. The molecule has 0 saturated heterocycles. The lowest BCUT2D eigenvalue weighted by atomic mass is 9.98. The molecule has 0 radical (unpaired) electrons. The normalized spacial score (nSPS) is 10.9. The van der Waals surface area contributed by atoms with Crippen molar-refractivity contribution in [1.82, 2.24) is 15.0 Å².